The first-order chi connectivity index (χ1) is 7.93. The number of aromatic carboxylic acids is 1. The monoisotopic (exact) mass is 235 g/mol. The molecule has 5 heteroatoms. The Balaban J connectivity index is 2.93. The Morgan fingerprint density at radius 1 is 1.59 bits per heavy atom. The highest BCUT2D eigenvalue weighted by molar-refractivity contribution is 6.05. The van der Waals surface area contributed by atoms with Gasteiger partial charge in [0.05, 0.1) is 17.0 Å². The maximum atomic E-state index is 11.0. The topological polar surface area (TPSA) is 77.3 Å². The number of aromatic nitrogens is 1. The van der Waals surface area contributed by atoms with Crippen molar-refractivity contribution in [3.8, 4) is 0 Å². The summed E-state index contributed by atoms with van der Waals surface area (Å²) in [6.07, 6.45) is 1.99. The van der Waals surface area contributed by atoms with E-state index in [9.17, 15) is 4.79 Å². The van der Waals surface area contributed by atoms with Crippen LogP contribution < -0.4 is 0 Å². The molecule has 0 bridgehead atoms. The summed E-state index contributed by atoms with van der Waals surface area (Å²) in [4.78, 5) is 17.0. The zero-order valence-corrected chi connectivity index (χ0v) is 10.3. The molecule has 92 valence electrons. The van der Waals surface area contributed by atoms with Crippen molar-refractivity contribution in [2.45, 2.75) is 19.4 Å². The van der Waals surface area contributed by atoms with E-state index in [1.165, 1.54) is 12.3 Å². The van der Waals surface area contributed by atoms with Crippen LogP contribution in [-0.2, 0) is 0 Å². The van der Waals surface area contributed by atoms with Crippen LogP contribution in [0.2, 0.25) is 0 Å². The lowest BCUT2D eigenvalue weighted by molar-refractivity contribution is 0.0696. The highest BCUT2D eigenvalue weighted by atomic mass is 16.4. The molecule has 1 aromatic heterocycles. The van der Waals surface area contributed by atoms with Crippen LogP contribution in [0, 0.1) is 5.41 Å². The number of carboxylic acid groups (broad SMARTS) is 1. The summed E-state index contributed by atoms with van der Waals surface area (Å²) in [5, 5.41) is 16.9. The number of nitrogens with one attached hydrogen (secondary N) is 1. The van der Waals surface area contributed by atoms with Gasteiger partial charge in [-0.1, -0.05) is 0 Å². The molecule has 17 heavy (non-hydrogen) atoms. The van der Waals surface area contributed by atoms with Crippen molar-refractivity contribution in [1.29, 1.82) is 5.41 Å². The average molecular weight is 235 g/mol. The quantitative estimate of drug-likeness (QED) is 0.758. The van der Waals surface area contributed by atoms with Crippen molar-refractivity contribution in [2.75, 3.05) is 14.1 Å². The minimum atomic E-state index is -1.05. The average Bonchev–Trinajstić information content (AvgIpc) is 2.28. The first kappa shape index (κ1) is 13.3. The van der Waals surface area contributed by atoms with Crippen LogP contribution in [0.15, 0.2) is 18.3 Å². The summed E-state index contributed by atoms with van der Waals surface area (Å²) >= 11 is 0. The second-order valence-electron chi connectivity index (χ2n) is 4.20. The van der Waals surface area contributed by atoms with Crippen molar-refractivity contribution in [2.24, 2.45) is 0 Å². The minimum absolute atomic E-state index is 0.0865. The second kappa shape index (κ2) is 5.54. The Morgan fingerprint density at radius 2 is 2.24 bits per heavy atom. The van der Waals surface area contributed by atoms with E-state index in [0.717, 1.165) is 0 Å². The molecular formula is C12H17N3O2. The lowest BCUT2D eigenvalue weighted by Crippen LogP contribution is -2.28. The Hall–Kier alpha value is -1.75. The number of carbonyl (C=O) groups is 1. The van der Waals surface area contributed by atoms with Crippen molar-refractivity contribution >= 4 is 11.7 Å². The van der Waals surface area contributed by atoms with E-state index < -0.39 is 5.97 Å². The predicted molar refractivity (Wildman–Crippen MR) is 65.8 cm³/mol. The van der Waals surface area contributed by atoms with Gasteiger partial charge in [0.15, 0.2) is 0 Å². The second-order valence-corrected chi connectivity index (χ2v) is 4.20. The van der Waals surface area contributed by atoms with Gasteiger partial charge in [-0.25, -0.2) is 4.79 Å². The molecule has 0 aliphatic carbocycles. The number of rotatable bonds is 5. The molecule has 0 saturated carbocycles. The van der Waals surface area contributed by atoms with Crippen LogP contribution in [-0.4, -0.2) is 46.8 Å². The molecule has 0 amide bonds. The SMILES string of the molecule is C[C@@H](CC(=N)c1ncccc1C(=O)O)N(C)C. The molecular weight excluding hydrogens is 218 g/mol. The third kappa shape index (κ3) is 3.35. The lowest BCUT2D eigenvalue weighted by Gasteiger charge is -2.20. The normalized spacial score (nSPS) is 12.5. The smallest absolute Gasteiger partial charge is 0.337 e. The van der Waals surface area contributed by atoms with E-state index in [0.29, 0.717) is 6.42 Å². The standard InChI is InChI=1S/C12H17N3O2/c1-8(15(2)3)7-10(13)11-9(12(16)17)5-4-6-14-11/h4-6,8,13H,7H2,1-3H3,(H,16,17)/t8-/m0/s1. The summed E-state index contributed by atoms with van der Waals surface area (Å²) < 4.78 is 0. The zero-order valence-electron chi connectivity index (χ0n) is 10.3. The van der Waals surface area contributed by atoms with Gasteiger partial charge < -0.3 is 15.4 Å². The van der Waals surface area contributed by atoms with E-state index in [-0.39, 0.29) is 23.0 Å². The molecule has 0 fully saturated rings. The third-order valence-electron chi connectivity index (χ3n) is 2.71. The van der Waals surface area contributed by atoms with Crippen LogP contribution in [0.5, 0.6) is 0 Å². The lowest BCUT2D eigenvalue weighted by atomic mass is 10.0. The summed E-state index contributed by atoms with van der Waals surface area (Å²) in [6, 6.07) is 3.21. The molecule has 0 unspecified atom stereocenters. The van der Waals surface area contributed by atoms with Gasteiger partial charge in [0.1, 0.15) is 0 Å². The molecule has 1 aromatic rings. The van der Waals surface area contributed by atoms with Gasteiger partial charge in [-0.15, -0.1) is 0 Å². The summed E-state index contributed by atoms with van der Waals surface area (Å²) in [6.45, 7) is 1.98. The third-order valence-corrected chi connectivity index (χ3v) is 2.71. The molecule has 0 saturated heterocycles. The molecule has 1 rings (SSSR count). The Kier molecular flexibility index (Phi) is 4.34. The first-order valence-electron chi connectivity index (χ1n) is 5.36. The Morgan fingerprint density at radius 3 is 2.76 bits per heavy atom. The summed E-state index contributed by atoms with van der Waals surface area (Å²) in [5.41, 5.74) is 0.598. The van der Waals surface area contributed by atoms with E-state index in [1.807, 2.05) is 25.9 Å². The van der Waals surface area contributed by atoms with E-state index in [4.69, 9.17) is 10.5 Å². The van der Waals surface area contributed by atoms with Gasteiger partial charge in [0.25, 0.3) is 0 Å². The predicted octanol–water partition coefficient (Wildman–Crippen LogP) is 1.49. The fourth-order valence-corrected chi connectivity index (χ4v) is 1.39. The van der Waals surface area contributed by atoms with Crippen molar-refractivity contribution < 1.29 is 9.90 Å². The Bertz CT molecular complexity index is 430. The fourth-order valence-electron chi connectivity index (χ4n) is 1.39. The highest BCUT2D eigenvalue weighted by Crippen LogP contribution is 2.11. The number of pyridine rings is 1. The van der Waals surface area contributed by atoms with Crippen LogP contribution in [0.1, 0.15) is 29.4 Å². The minimum Gasteiger partial charge on any atom is -0.478 e. The maximum absolute atomic E-state index is 11.0. The van der Waals surface area contributed by atoms with Gasteiger partial charge in [-0.2, -0.15) is 0 Å². The molecule has 1 atom stereocenters. The molecule has 5 nitrogen and oxygen atoms in total. The molecule has 0 radical (unpaired) electrons. The summed E-state index contributed by atoms with van der Waals surface area (Å²) in [5.74, 6) is -1.05. The van der Waals surface area contributed by atoms with Crippen LogP contribution in [0.3, 0.4) is 0 Å². The van der Waals surface area contributed by atoms with Crippen molar-refractivity contribution in [1.82, 2.24) is 9.88 Å². The molecule has 0 aromatic carbocycles. The molecule has 0 aliphatic heterocycles. The molecule has 1 heterocycles. The number of hydrogen-bond acceptors (Lipinski definition) is 4. The van der Waals surface area contributed by atoms with Gasteiger partial charge in [0, 0.05) is 18.7 Å². The fraction of sp³-hybridized carbons (Fsp3) is 0.417. The zero-order chi connectivity index (χ0) is 13.0. The molecule has 2 N–H and O–H groups in total. The van der Waals surface area contributed by atoms with Gasteiger partial charge >= 0.3 is 5.97 Å². The number of hydrogen-bond donors (Lipinski definition) is 2. The van der Waals surface area contributed by atoms with Crippen LogP contribution in [0.25, 0.3) is 0 Å². The van der Waals surface area contributed by atoms with E-state index >= 15 is 0 Å². The summed E-state index contributed by atoms with van der Waals surface area (Å²) in [7, 11) is 3.85. The van der Waals surface area contributed by atoms with E-state index in [1.54, 1.807) is 6.07 Å². The van der Waals surface area contributed by atoms with Crippen LogP contribution in [0.4, 0.5) is 0 Å². The van der Waals surface area contributed by atoms with E-state index in [2.05, 4.69) is 4.98 Å². The number of nitrogens with zero attached hydrogens (tertiary/aromatic N) is 2. The first-order valence-corrected chi connectivity index (χ1v) is 5.36. The molecule has 0 spiro atoms. The van der Waals surface area contributed by atoms with Gasteiger partial charge in [-0.05, 0) is 33.2 Å². The van der Waals surface area contributed by atoms with Gasteiger partial charge in [0.2, 0.25) is 0 Å². The number of carboxylic acids is 1. The van der Waals surface area contributed by atoms with Crippen molar-refractivity contribution in [3.63, 3.8) is 0 Å². The highest BCUT2D eigenvalue weighted by Gasteiger charge is 2.17. The maximum Gasteiger partial charge on any atom is 0.337 e. The van der Waals surface area contributed by atoms with Crippen molar-refractivity contribution in [3.05, 3.63) is 29.6 Å². The largest absolute Gasteiger partial charge is 0.478 e. The molecule has 0 aliphatic rings. The van der Waals surface area contributed by atoms with Gasteiger partial charge in [-0.3, -0.25) is 4.98 Å². The Labute approximate surface area is 101 Å². The van der Waals surface area contributed by atoms with Crippen LogP contribution >= 0.6 is 0 Å².